The fourth-order valence-corrected chi connectivity index (χ4v) is 2.84. The first kappa shape index (κ1) is 17.4. The van der Waals surface area contributed by atoms with E-state index in [9.17, 15) is 0 Å². The molecule has 118 valence electrons. The molecule has 2 N–H and O–H groups in total. The Bertz CT molecular complexity index is 677. The summed E-state index contributed by atoms with van der Waals surface area (Å²) in [7, 11) is 0. The molecule has 4 heteroatoms. The van der Waals surface area contributed by atoms with Crippen LogP contribution >= 0.6 is 27.7 Å². The number of aromatic hydroxyl groups is 2. The minimum atomic E-state index is 0.299. The molecule has 3 rings (SSSR count). The zero-order valence-corrected chi connectivity index (χ0v) is 14.8. The molecule has 0 heterocycles. The van der Waals surface area contributed by atoms with E-state index in [0.717, 1.165) is 10.2 Å². The number of benzene rings is 3. The van der Waals surface area contributed by atoms with Crippen LogP contribution in [0.2, 0.25) is 0 Å². The number of phenolic OH excluding ortho intramolecular Hbond substituents is 2. The van der Waals surface area contributed by atoms with Crippen LogP contribution in [0.1, 0.15) is 5.56 Å². The Morgan fingerprint density at radius 2 is 1.22 bits per heavy atom. The van der Waals surface area contributed by atoms with Crippen LogP contribution in [0.15, 0.2) is 88.2 Å². The van der Waals surface area contributed by atoms with Crippen molar-refractivity contribution in [2.24, 2.45) is 0 Å². The van der Waals surface area contributed by atoms with Gasteiger partial charge in [-0.3, -0.25) is 0 Å². The molecule has 0 atom stereocenters. The van der Waals surface area contributed by atoms with Crippen LogP contribution < -0.4 is 0 Å². The Kier molecular flexibility index (Phi) is 7.04. The zero-order valence-electron chi connectivity index (χ0n) is 12.4. The van der Waals surface area contributed by atoms with Gasteiger partial charge in [0.2, 0.25) is 0 Å². The molecule has 0 aliphatic rings. The van der Waals surface area contributed by atoms with Crippen molar-refractivity contribution in [2.45, 2.75) is 10.6 Å². The third-order valence-electron chi connectivity index (χ3n) is 2.91. The Hall–Kier alpha value is -1.91. The maximum absolute atomic E-state index is 9.13. The summed E-state index contributed by atoms with van der Waals surface area (Å²) in [6.45, 7) is 0. The van der Waals surface area contributed by atoms with Gasteiger partial charge in [0.05, 0.1) is 0 Å². The molecule has 0 fully saturated rings. The number of hydrogen-bond acceptors (Lipinski definition) is 3. The number of phenols is 2. The quantitative estimate of drug-likeness (QED) is 0.553. The average Bonchev–Trinajstić information content (AvgIpc) is 2.59. The maximum atomic E-state index is 9.13. The normalized spacial score (nSPS) is 9.78. The van der Waals surface area contributed by atoms with Gasteiger partial charge in [0.1, 0.15) is 11.5 Å². The Morgan fingerprint density at radius 3 is 1.74 bits per heavy atom. The van der Waals surface area contributed by atoms with E-state index in [0.29, 0.717) is 11.5 Å². The second-order valence-electron chi connectivity index (χ2n) is 4.74. The third kappa shape index (κ3) is 6.80. The molecule has 0 aliphatic heterocycles. The van der Waals surface area contributed by atoms with Gasteiger partial charge in [-0.1, -0.05) is 46.3 Å². The number of halogens is 1. The van der Waals surface area contributed by atoms with E-state index < -0.39 is 0 Å². The topological polar surface area (TPSA) is 40.5 Å². The van der Waals surface area contributed by atoms with E-state index in [1.807, 2.05) is 30.3 Å². The summed E-state index contributed by atoms with van der Waals surface area (Å²) in [6.07, 6.45) is 0. The minimum absolute atomic E-state index is 0.299. The van der Waals surface area contributed by atoms with E-state index in [1.54, 1.807) is 48.2 Å². The van der Waals surface area contributed by atoms with Gasteiger partial charge >= 0.3 is 0 Å². The highest BCUT2D eigenvalue weighted by molar-refractivity contribution is 9.10. The van der Waals surface area contributed by atoms with Gasteiger partial charge in [-0.25, -0.2) is 0 Å². The predicted molar refractivity (Wildman–Crippen MR) is 99.9 cm³/mol. The molecule has 0 radical (unpaired) electrons. The van der Waals surface area contributed by atoms with Gasteiger partial charge in [0.15, 0.2) is 0 Å². The van der Waals surface area contributed by atoms with Gasteiger partial charge in [-0.05, 0) is 54.1 Å². The smallest absolute Gasteiger partial charge is 0.115 e. The lowest BCUT2D eigenvalue weighted by Crippen LogP contribution is -1.78. The molecule has 0 amide bonds. The molecule has 0 aliphatic carbocycles. The van der Waals surface area contributed by atoms with Crippen LogP contribution in [0, 0.1) is 0 Å². The average molecular weight is 389 g/mol. The molecule has 3 aromatic rings. The lowest BCUT2D eigenvalue weighted by atomic mass is 10.2. The van der Waals surface area contributed by atoms with Crippen LogP contribution in [-0.4, -0.2) is 10.2 Å². The number of rotatable bonds is 3. The summed E-state index contributed by atoms with van der Waals surface area (Å²) in [5.41, 5.74) is 1.32. The van der Waals surface area contributed by atoms with Crippen LogP contribution in [-0.2, 0) is 5.75 Å². The summed E-state index contributed by atoms with van der Waals surface area (Å²) in [5.74, 6) is 1.58. The van der Waals surface area contributed by atoms with Gasteiger partial charge in [-0.15, -0.1) is 11.8 Å². The highest BCUT2D eigenvalue weighted by Gasteiger charge is 1.95. The van der Waals surface area contributed by atoms with Crippen LogP contribution in [0.5, 0.6) is 11.5 Å². The summed E-state index contributed by atoms with van der Waals surface area (Å²) < 4.78 is 0.982. The second kappa shape index (κ2) is 9.28. The molecule has 0 bridgehead atoms. The predicted octanol–water partition coefficient (Wildman–Crippen LogP) is 5.84. The lowest BCUT2D eigenvalue weighted by Gasteiger charge is -2.01. The molecular formula is C19H17BrO2S. The Labute approximate surface area is 148 Å². The molecule has 0 aromatic heterocycles. The first-order chi connectivity index (χ1) is 11.1. The number of thioether (sulfide) groups is 1. The van der Waals surface area contributed by atoms with Crippen molar-refractivity contribution in [1.82, 2.24) is 0 Å². The Morgan fingerprint density at radius 1 is 0.696 bits per heavy atom. The zero-order chi connectivity index (χ0) is 16.5. The molecule has 0 unspecified atom stereocenters. The van der Waals surface area contributed by atoms with Crippen molar-refractivity contribution in [3.63, 3.8) is 0 Å². The van der Waals surface area contributed by atoms with Crippen LogP contribution in [0.4, 0.5) is 0 Å². The molecule has 0 spiro atoms. The lowest BCUT2D eigenvalue weighted by molar-refractivity contribution is 0.474. The standard InChI is InChI=1S/C13H12OS.C6H5BrO/c14-12-6-8-13(9-7-12)15-10-11-4-2-1-3-5-11;7-5-1-3-6(8)4-2-5/h1-9,14H,10H2;1-4,8H. The van der Waals surface area contributed by atoms with Crippen LogP contribution in [0.25, 0.3) is 0 Å². The van der Waals surface area contributed by atoms with Gasteiger partial charge in [0, 0.05) is 15.1 Å². The Balaban J connectivity index is 0.000000203. The van der Waals surface area contributed by atoms with Crippen molar-refractivity contribution in [3.05, 3.63) is 88.9 Å². The van der Waals surface area contributed by atoms with Crippen molar-refractivity contribution in [1.29, 1.82) is 0 Å². The highest BCUT2D eigenvalue weighted by atomic mass is 79.9. The van der Waals surface area contributed by atoms with Crippen LogP contribution in [0.3, 0.4) is 0 Å². The second-order valence-corrected chi connectivity index (χ2v) is 6.71. The molecular weight excluding hydrogens is 372 g/mol. The first-order valence-corrected chi connectivity index (χ1v) is 8.81. The maximum Gasteiger partial charge on any atom is 0.115 e. The largest absolute Gasteiger partial charge is 0.508 e. The van der Waals surface area contributed by atoms with Crippen molar-refractivity contribution in [2.75, 3.05) is 0 Å². The molecule has 2 nitrogen and oxygen atoms in total. The van der Waals surface area contributed by atoms with Gasteiger partial charge in [0.25, 0.3) is 0 Å². The van der Waals surface area contributed by atoms with E-state index in [1.165, 1.54) is 10.5 Å². The van der Waals surface area contributed by atoms with E-state index in [2.05, 4.69) is 28.1 Å². The fourth-order valence-electron chi connectivity index (χ4n) is 1.72. The SMILES string of the molecule is Oc1ccc(Br)cc1.Oc1ccc(SCc2ccccc2)cc1. The minimum Gasteiger partial charge on any atom is -0.508 e. The molecule has 23 heavy (non-hydrogen) atoms. The molecule has 3 aromatic carbocycles. The molecule has 0 saturated carbocycles. The highest BCUT2D eigenvalue weighted by Crippen LogP contribution is 2.24. The van der Waals surface area contributed by atoms with E-state index in [4.69, 9.17) is 10.2 Å². The molecule has 0 saturated heterocycles. The van der Waals surface area contributed by atoms with Crippen molar-refractivity contribution >= 4 is 27.7 Å². The van der Waals surface area contributed by atoms with E-state index in [-0.39, 0.29) is 0 Å². The van der Waals surface area contributed by atoms with Crippen molar-refractivity contribution in [3.8, 4) is 11.5 Å². The van der Waals surface area contributed by atoms with Gasteiger partial charge in [-0.2, -0.15) is 0 Å². The fraction of sp³-hybridized carbons (Fsp3) is 0.0526. The van der Waals surface area contributed by atoms with E-state index >= 15 is 0 Å². The third-order valence-corrected chi connectivity index (χ3v) is 4.52. The summed E-state index contributed by atoms with van der Waals surface area (Å²) >= 11 is 5.01. The first-order valence-electron chi connectivity index (χ1n) is 7.04. The van der Waals surface area contributed by atoms with Crippen molar-refractivity contribution < 1.29 is 10.2 Å². The number of hydrogen-bond donors (Lipinski definition) is 2. The summed E-state index contributed by atoms with van der Waals surface area (Å²) in [5, 5.41) is 17.9. The summed E-state index contributed by atoms with van der Waals surface area (Å²) in [6, 6.07) is 24.5. The summed E-state index contributed by atoms with van der Waals surface area (Å²) in [4.78, 5) is 1.18. The van der Waals surface area contributed by atoms with Gasteiger partial charge < -0.3 is 10.2 Å². The monoisotopic (exact) mass is 388 g/mol.